The first kappa shape index (κ1) is 11.6. The van der Waals surface area contributed by atoms with Gasteiger partial charge in [0.25, 0.3) is 5.91 Å². The first-order chi connectivity index (χ1) is 8.58. The van der Waals surface area contributed by atoms with Gasteiger partial charge in [-0.15, -0.1) is 0 Å². The van der Waals surface area contributed by atoms with E-state index in [4.69, 9.17) is 5.11 Å². The van der Waals surface area contributed by atoms with Crippen molar-refractivity contribution >= 4 is 17.6 Å². The highest BCUT2D eigenvalue weighted by atomic mass is 16.4. The predicted molar refractivity (Wildman–Crippen MR) is 59.4 cm³/mol. The summed E-state index contributed by atoms with van der Waals surface area (Å²) in [6.07, 6.45) is 1.16. The molecule has 0 aliphatic heterocycles. The molecule has 0 fully saturated rings. The topological polar surface area (TPSA) is 128 Å². The Balaban J connectivity index is 2.26. The van der Waals surface area contributed by atoms with Crippen LogP contribution in [0.3, 0.4) is 0 Å². The van der Waals surface area contributed by atoms with Gasteiger partial charge in [0.1, 0.15) is 12.1 Å². The number of nitrogens with one attached hydrogen (secondary N) is 2. The number of carbonyl (C=O) groups excluding carboxylic acids is 1. The molecule has 0 saturated carbocycles. The van der Waals surface area contributed by atoms with E-state index in [1.54, 1.807) is 0 Å². The maximum absolute atomic E-state index is 11.6. The fraction of sp³-hybridized carbons (Fsp3) is 0. The Morgan fingerprint density at radius 1 is 1.33 bits per heavy atom. The molecule has 0 aliphatic rings. The number of phenols is 1. The van der Waals surface area contributed by atoms with E-state index in [0.29, 0.717) is 0 Å². The number of aromatic amines is 1. The number of H-pyrrole nitrogens is 1. The number of carbonyl (C=O) groups is 2. The fourth-order valence-electron chi connectivity index (χ4n) is 1.27. The number of benzene rings is 1. The standard InChI is InChI=1S/C10H8N4O4/c15-7-2-1-5(10(17)18)3-6(7)13-9(16)8-11-4-12-14-8/h1-4,15H,(H,13,16)(H,17,18)(H,11,12,14). The highest BCUT2D eigenvalue weighted by molar-refractivity contribution is 6.03. The van der Waals surface area contributed by atoms with E-state index in [0.717, 1.165) is 12.4 Å². The first-order valence-corrected chi connectivity index (χ1v) is 4.81. The van der Waals surface area contributed by atoms with E-state index in [1.165, 1.54) is 12.1 Å². The van der Waals surface area contributed by atoms with Gasteiger partial charge in [0.2, 0.25) is 5.82 Å². The summed E-state index contributed by atoms with van der Waals surface area (Å²) in [5, 5.41) is 26.5. The molecule has 8 heteroatoms. The Labute approximate surface area is 100 Å². The van der Waals surface area contributed by atoms with Crippen LogP contribution in [0, 0.1) is 0 Å². The largest absolute Gasteiger partial charge is 0.506 e. The zero-order chi connectivity index (χ0) is 13.1. The van der Waals surface area contributed by atoms with Crippen LogP contribution in [0.2, 0.25) is 0 Å². The molecule has 8 nitrogen and oxygen atoms in total. The molecule has 0 spiro atoms. The molecule has 4 N–H and O–H groups in total. The third-order valence-corrected chi connectivity index (χ3v) is 2.12. The van der Waals surface area contributed by atoms with E-state index in [2.05, 4.69) is 20.5 Å². The number of aromatic hydroxyl groups is 1. The van der Waals surface area contributed by atoms with Gasteiger partial charge in [-0.05, 0) is 18.2 Å². The van der Waals surface area contributed by atoms with Crippen LogP contribution in [0.25, 0.3) is 0 Å². The molecule has 1 heterocycles. The molecule has 2 aromatic rings. The molecular formula is C10H8N4O4. The minimum Gasteiger partial charge on any atom is -0.506 e. The van der Waals surface area contributed by atoms with Crippen molar-refractivity contribution in [3.8, 4) is 5.75 Å². The zero-order valence-corrected chi connectivity index (χ0v) is 8.91. The van der Waals surface area contributed by atoms with Gasteiger partial charge in [0.15, 0.2) is 0 Å². The number of hydrogen-bond donors (Lipinski definition) is 4. The number of aromatic carboxylic acids is 1. The minimum absolute atomic E-state index is 0.0173. The first-order valence-electron chi connectivity index (χ1n) is 4.81. The third kappa shape index (κ3) is 2.26. The van der Waals surface area contributed by atoms with E-state index in [1.807, 2.05) is 0 Å². The Morgan fingerprint density at radius 2 is 2.11 bits per heavy atom. The second-order valence-corrected chi connectivity index (χ2v) is 3.33. The molecule has 0 aliphatic carbocycles. The smallest absolute Gasteiger partial charge is 0.335 e. The maximum Gasteiger partial charge on any atom is 0.335 e. The number of anilines is 1. The van der Waals surface area contributed by atoms with Gasteiger partial charge < -0.3 is 15.5 Å². The Kier molecular flexibility index (Phi) is 2.92. The van der Waals surface area contributed by atoms with E-state index >= 15 is 0 Å². The summed E-state index contributed by atoms with van der Waals surface area (Å²) in [5.74, 6) is -2.08. The fourth-order valence-corrected chi connectivity index (χ4v) is 1.27. The number of hydrogen-bond acceptors (Lipinski definition) is 5. The van der Waals surface area contributed by atoms with Crippen LogP contribution in [0.4, 0.5) is 5.69 Å². The minimum atomic E-state index is -1.16. The lowest BCUT2D eigenvalue weighted by atomic mass is 10.2. The normalized spacial score (nSPS) is 10.0. The summed E-state index contributed by atoms with van der Waals surface area (Å²) in [6, 6.07) is 3.55. The third-order valence-electron chi connectivity index (χ3n) is 2.12. The van der Waals surface area contributed by atoms with E-state index < -0.39 is 11.9 Å². The average molecular weight is 248 g/mol. The van der Waals surface area contributed by atoms with Gasteiger partial charge in [0, 0.05) is 0 Å². The van der Waals surface area contributed by atoms with Crippen molar-refractivity contribution in [2.24, 2.45) is 0 Å². The molecule has 0 radical (unpaired) electrons. The summed E-state index contributed by atoms with van der Waals surface area (Å²) in [5.41, 5.74) is -0.0723. The highest BCUT2D eigenvalue weighted by Gasteiger charge is 2.13. The highest BCUT2D eigenvalue weighted by Crippen LogP contribution is 2.24. The van der Waals surface area contributed by atoms with Gasteiger partial charge >= 0.3 is 5.97 Å². The van der Waals surface area contributed by atoms with Crippen molar-refractivity contribution in [3.63, 3.8) is 0 Å². The van der Waals surface area contributed by atoms with Crippen molar-refractivity contribution < 1.29 is 19.8 Å². The van der Waals surface area contributed by atoms with Crippen LogP contribution in [-0.2, 0) is 0 Å². The van der Waals surface area contributed by atoms with Crippen LogP contribution in [0.5, 0.6) is 5.75 Å². The quantitative estimate of drug-likeness (QED) is 0.584. The van der Waals surface area contributed by atoms with E-state index in [9.17, 15) is 14.7 Å². The van der Waals surface area contributed by atoms with Gasteiger partial charge in [0.05, 0.1) is 11.3 Å². The summed E-state index contributed by atoms with van der Waals surface area (Å²) >= 11 is 0. The average Bonchev–Trinajstić information content (AvgIpc) is 2.85. The Bertz CT molecular complexity index is 594. The van der Waals surface area contributed by atoms with Crippen molar-refractivity contribution in [3.05, 3.63) is 35.9 Å². The monoisotopic (exact) mass is 248 g/mol. The second kappa shape index (κ2) is 4.53. The zero-order valence-electron chi connectivity index (χ0n) is 8.91. The molecule has 0 saturated heterocycles. The molecule has 2 rings (SSSR count). The predicted octanol–water partition coefficient (Wildman–Crippen LogP) is 0.461. The molecule has 1 aromatic heterocycles. The number of carboxylic acid groups (broad SMARTS) is 1. The molecule has 0 unspecified atom stereocenters. The SMILES string of the molecule is O=C(O)c1ccc(O)c(NC(=O)c2ncn[nH]2)c1. The number of amides is 1. The Hall–Kier alpha value is -2.90. The van der Waals surface area contributed by atoms with Crippen LogP contribution in [0.1, 0.15) is 21.0 Å². The summed E-state index contributed by atoms with van der Waals surface area (Å²) < 4.78 is 0. The molecular weight excluding hydrogens is 240 g/mol. The molecule has 0 atom stereocenters. The Morgan fingerprint density at radius 3 is 2.72 bits per heavy atom. The van der Waals surface area contributed by atoms with Gasteiger partial charge in [-0.2, -0.15) is 5.10 Å². The van der Waals surface area contributed by atoms with Crippen LogP contribution in [0.15, 0.2) is 24.5 Å². The van der Waals surface area contributed by atoms with Crippen molar-refractivity contribution in [2.45, 2.75) is 0 Å². The van der Waals surface area contributed by atoms with Crippen LogP contribution < -0.4 is 5.32 Å². The maximum atomic E-state index is 11.6. The summed E-state index contributed by atoms with van der Waals surface area (Å²) in [7, 11) is 0. The van der Waals surface area contributed by atoms with Crippen LogP contribution >= 0.6 is 0 Å². The molecule has 92 valence electrons. The lowest BCUT2D eigenvalue weighted by Crippen LogP contribution is -2.14. The van der Waals surface area contributed by atoms with Crippen molar-refractivity contribution in [1.29, 1.82) is 0 Å². The second-order valence-electron chi connectivity index (χ2n) is 3.33. The molecule has 1 amide bonds. The summed E-state index contributed by atoms with van der Waals surface area (Å²) in [4.78, 5) is 26.0. The number of nitrogens with zero attached hydrogens (tertiary/aromatic N) is 2. The summed E-state index contributed by atoms with van der Waals surface area (Å²) in [6.45, 7) is 0. The van der Waals surface area contributed by atoms with Gasteiger partial charge in [-0.1, -0.05) is 0 Å². The lowest BCUT2D eigenvalue weighted by Gasteiger charge is -2.06. The number of rotatable bonds is 3. The number of phenolic OH excluding ortho intramolecular Hbond substituents is 1. The van der Waals surface area contributed by atoms with Gasteiger partial charge in [-0.25, -0.2) is 9.78 Å². The van der Waals surface area contributed by atoms with Crippen LogP contribution in [-0.4, -0.2) is 37.3 Å². The number of carboxylic acids is 1. The van der Waals surface area contributed by atoms with E-state index in [-0.39, 0.29) is 22.8 Å². The lowest BCUT2D eigenvalue weighted by molar-refractivity contribution is 0.0696. The molecule has 1 aromatic carbocycles. The number of aromatic nitrogens is 3. The van der Waals surface area contributed by atoms with Crippen molar-refractivity contribution in [2.75, 3.05) is 5.32 Å². The molecule has 18 heavy (non-hydrogen) atoms. The van der Waals surface area contributed by atoms with Gasteiger partial charge in [-0.3, -0.25) is 9.89 Å². The molecule has 0 bridgehead atoms. The van der Waals surface area contributed by atoms with Crippen molar-refractivity contribution in [1.82, 2.24) is 15.2 Å².